The van der Waals surface area contributed by atoms with Gasteiger partial charge in [0.05, 0.1) is 12.5 Å². The number of carboxylic acids is 1. The van der Waals surface area contributed by atoms with Crippen molar-refractivity contribution in [3.63, 3.8) is 0 Å². The van der Waals surface area contributed by atoms with E-state index in [1.165, 1.54) is 0 Å². The van der Waals surface area contributed by atoms with Crippen molar-refractivity contribution in [1.29, 1.82) is 0 Å². The molecule has 2 unspecified atom stereocenters. The summed E-state index contributed by atoms with van der Waals surface area (Å²) < 4.78 is 0. The van der Waals surface area contributed by atoms with Gasteiger partial charge in [0.15, 0.2) is 0 Å². The largest absolute Gasteiger partial charge is 0.481 e. The van der Waals surface area contributed by atoms with Gasteiger partial charge in [0.1, 0.15) is 0 Å². The van der Waals surface area contributed by atoms with Crippen molar-refractivity contribution in [3.8, 4) is 0 Å². The molecule has 0 bridgehead atoms. The minimum atomic E-state index is -0.787. The highest BCUT2D eigenvalue weighted by Gasteiger charge is 2.30. The number of rotatable bonds is 4. The Labute approximate surface area is 128 Å². The lowest BCUT2D eigenvalue weighted by atomic mass is 9.90. The third-order valence-electron chi connectivity index (χ3n) is 3.58. The molecule has 2 rings (SSSR count). The van der Waals surface area contributed by atoms with E-state index in [2.05, 4.69) is 5.32 Å². The second kappa shape index (κ2) is 6.91. The number of nitrogens with one attached hydrogen (secondary N) is 1. The Hall–Kier alpha value is -1.59. The molecule has 21 heavy (non-hydrogen) atoms. The first kappa shape index (κ1) is 15.8. The second-order valence-electron chi connectivity index (χ2n) is 5.63. The maximum Gasteiger partial charge on any atom is 0.307 e. The van der Waals surface area contributed by atoms with Crippen LogP contribution in [0.1, 0.15) is 13.3 Å². The molecule has 0 saturated carbocycles. The molecule has 1 amide bonds. The molecule has 1 heterocycles. The minimum Gasteiger partial charge on any atom is -0.481 e. The zero-order valence-corrected chi connectivity index (χ0v) is 12.6. The molecule has 114 valence electrons. The van der Waals surface area contributed by atoms with E-state index in [0.717, 1.165) is 6.54 Å². The number of carbonyl (C=O) groups excluding carboxylic acids is 1. The number of benzene rings is 1. The third-order valence-corrected chi connectivity index (χ3v) is 3.83. The van der Waals surface area contributed by atoms with Gasteiger partial charge in [-0.05, 0) is 36.6 Å². The fourth-order valence-electron chi connectivity index (χ4n) is 2.71. The number of anilines is 1. The number of halogens is 1. The molecule has 2 N–H and O–H groups in total. The molecule has 2 atom stereocenters. The van der Waals surface area contributed by atoms with E-state index in [9.17, 15) is 9.59 Å². The van der Waals surface area contributed by atoms with Gasteiger partial charge in [0.25, 0.3) is 0 Å². The van der Waals surface area contributed by atoms with Gasteiger partial charge in [-0.3, -0.25) is 14.5 Å². The van der Waals surface area contributed by atoms with Crippen LogP contribution in [0, 0.1) is 11.8 Å². The minimum absolute atomic E-state index is 0.143. The smallest absolute Gasteiger partial charge is 0.307 e. The zero-order valence-electron chi connectivity index (χ0n) is 11.9. The molecule has 0 spiro atoms. The molecule has 1 aliphatic rings. The van der Waals surface area contributed by atoms with Gasteiger partial charge in [0.2, 0.25) is 5.91 Å². The van der Waals surface area contributed by atoms with Crippen molar-refractivity contribution in [1.82, 2.24) is 4.90 Å². The molecule has 6 heteroatoms. The van der Waals surface area contributed by atoms with Crippen molar-refractivity contribution in [3.05, 3.63) is 29.3 Å². The summed E-state index contributed by atoms with van der Waals surface area (Å²) in [5.41, 5.74) is 0.684. The Morgan fingerprint density at radius 3 is 2.62 bits per heavy atom. The number of carboxylic acid groups (broad SMARTS) is 1. The van der Waals surface area contributed by atoms with Crippen LogP contribution in [-0.4, -0.2) is 41.5 Å². The van der Waals surface area contributed by atoms with Crippen LogP contribution in [-0.2, 0) is 9.59 Å². The van der Waals surface area contributed by atoms with Gasteiger partial charge in [-0.25, -0.2) is 0 Å². The van der Waals surface area contributed by atoms with Gasteiger partial charge < -0.3 is 10.4 Å². The van der Waals surface area contributed by atoms with Crippen LogP contribution in [0.15, 0.2) is 24.3 Å². The molecule has 0 aromatic heterocycles. The Morgan fingerprint density at radius 2 is 2.00 bits per heavy atom. The standard InChI is InChI=1S/C15H19ClN2O3/c1-10-6-11(15(20)21)8-18(7-10)9-14(19)17-13-4-2-12(16)3-5-13/h2-5,10-11H,6-9H2,1H3,(H,17,19)(H,20,21). The number of piperidine rings is 1. The number of hydrogen-bond donors (Lipinski definition) is 2. The fourth-order valence-corrected chi connectivity index (χ4v) is 2.83. The molecular formula is C15H19ClN2O3. The van der Waals surface area contributed by atoms with E-state index in [1.54, 1.807) is 24.3 Å². The van der Waals surface area contributed by atoms with E-state index in [-0.39, 0.29) is 18.4 Å². The van der Waals surface area contributed by atoms with Crippen molar-refractivity contribution >= 4 is 29.2 Å². The van der Waals surface area contributed by atoms with Crippen LogP contribution in [0.2, 0.25) is 5.02 Å². The summed E-state index contributed by atoms with van der Waals surface area (Å²) >= 11 is 5.79. The first-order valence-corrected chi connectivity index (χ1v) is 7.32. The lowest BCUT2D eigenvalue weighted by molar-refractivity contribution is -0.144. The van der Waals surface area contributed by atoms with Crippen LogP contribution >= 0.6 is 11.6 Å². The highest BCUT2D eigenvalue weighted by atomic mass is 35.5. The van der Waals surface area contributed by atoms with Gasteiger partial charge in [0, 0.05) is 23.8 Å². The molecule has 0 radical (unpaired) electrons. The van der Waals surface area contributed by atoms with Crippen LogP contribution < -0.4 is 5.32 Å². The zero-order chi connectivity index (χ0) is 15.4. The van der Waals surface area contributed by atoms with E-state index in [1.807, 2.05) is 11.8 Å². The predicted molar refractivity (Wildman–Crippen MR) is 81.4 cm³/mol. The normalized spacial score (nSPS) is 22.8. The molecular weight excluding hydrogens is 292 g/mol. The summed E-state index contributed by atoms with van der Waals surface area (Å²) in [5, 5.41) is 12.5. The van der Waals surface area contributed by atoms with Crippen LogP contribution in [0.5, 0.6) is 0 Å². The number of nitrogens with zero attached hydrogens (tertiary/aromatic N) is 1. The van der Waals surface area contributed by atoms with E-state index in [0.29, 0.717) is 23.7 Å². The average Bonchev–Trinajstić information content (AvgIpc) is 2.40. The Kier molecular flexibility index (Phi) is 5.20. The monoisotopic (exact) mass is 310 g/mol. The number of hydrogen-bond acceptors (Lipinski definition) is 3. The number of aliphatic carboxylic acids is 1. The first-order chi connectivity index (χ1) is 9.94. The number of carbonyl (C=O) groups is 2. The maximum absolute atomic E-state index is 12.0. The van der Waals surface area contributed by atoms with E-state index < -0.39 is 11.9 Å². The molecule has 1 aliphatic heterocycles. The van der Waals surface area contributed by atoms with E-state index >= 15 is 0 Å². The lowest BCUT2D eigenvalue weighted by Crippen LogP contribution is -2.45. The van der Waals surface area contributed by atoms with Crippen LogP contribution in [0.4, 0.5) is 5.69 Å². The third kappa shape index (κ3) is 4.72. The summed E-state index contributed by atoms with van der Waals surface area (Å²) in [7, 11) is 0. The lowest BCUT2D eigenvalue weighted by Gasteiger charge is -2.34. The Morgan fingerprint density at radius 1 is 1.33 bits per heavy atom. The van der Waals surface area contributed by atoms with Crippen LogP contribution in [0.25, 0.3) is 0 Å². The second-order valence-corrected chi connectivity index (χ2v) is 6.06. The molecule has 1 saturated heterocycles. The van der Waals surface area contributed by atoms with Crippen molar-refractivity contribution in [2.24, 2.45) is 11.8 Å². The molecule has 1 aromatic rings. The van der Waals surface area contributed by atoms with Gasteiger partial charge >= 0.3 is 5.97 Å². The topological polar surface area (TPSA) is 69.6 Å². The number of amides is 1. The van der Waals surface area contributed by atoms with Gasteiger partial charge in [-0.15, -0.1) is 0 Å². The molecule has 5 nitrogen and oxygen atoms in total. The number of likely N-dealkylation sites (tertiary alicyclic amines) is 1. The SMILES string of the molecule is CC1CC(C(=O)O)CN(CC(=O)Nc2ccc(Cl)cc2)C1. The summed E-state index contributed by atoms with van der Waals surface area (Å²) in [6, 6.07) is 6.89. The first-order valence-electron chi connectivity index (χ1n) is 6.94. The van der Waals surface area contributed by atoms with Crippen molar-refractivity contribution in [2.45, 2.75) is 13.3 Å². The van der Waals surface area contributed by atoms with Crippen molar-refractivity contribution < 1.29 is 14.7 Å². The van der Waals surface area contributed by atoms with Crippen molar-refractivity contribution in [2.75, 3.05) is 25.0 Å². The maximum atomic E-state index is 12.0. The summed E-state index contributed by atoms with van der Waals surface area (Å²) in [5.74, 6) is -1.04. The molecule has 1 aromatic carbocycles. The average molecular weight is 311 g/mol. The molecule has 1 fully saturated rings. The summed E-state index contributed by atoms with van der Waals surface area (Å²) in [6.45, 7) is 3.39. The van der Waals surface area contributed by atoms with E-state index in [4.69, 9.17) is 16.7 Å². The Bertz CT molecular complexity index is 518. The molecule has 0 aliphatic carbocycles. The highest BCUT2D eigenvalue weighted by Crippen LogP contribution is 2.21. The quantitative estimate of drug-likeness (QED) is 0.895. The summed E-state index contributed by atoms with van der Waals surface area (Å²) in [6.07, 6.45) is 0.671. The predicted octanol–water partition coefficient (Wildman–Crippen LogP) is 2.32. The summed E-state index contributed by atoms with van der Waals surface area (Å²) in [4.78, 5) is 25.0. The van der Waals surface area contributed by atoms with Gasteiger partial charge in [-0.2, -0.15) is 0 Å². The fraction of sp³-hybridized carbons (Fsp3) is 0.467. The van der Waals surface area contributed by atoms with Gasteiger partial charge in [-0.1, -0.05) is 18.5 Å². The Balaban J connectivity index is 1.89. The van der Waals surface area contributed by atoms with Crippen LogP contribution in [0.3, 0.4) is 0 Å². The highest BCUT2D eigenvalue weighted by molar-refractivity contribution is 6.30.